The molecule has 172 valence electrons. The lowest BCUT2D eigenvalue weighted by Gasteiger charge is -2.19. The van der Waals surface area contributed by atoms with Crippen LogP contribution in [-0.4, -0.2) is 35.2 Å². The second-order valence-corrected chi connectivity index (χ2v) is 8.49. The number of rotatable bonds is 6. The molecule has 0 atom stereocenters. The number of ether oxygens (including phenoxy) is 1. The fraction of sp³-hybridized carbons (Fsp3) is 0.192. The molecule has 0 unspecified atom stereocenters. The van der Waals surface area contributed by atoms with E-state index in [-0.39, 0.29) is 18.2 Å². The molecular weight excluding hydrogens is 439 g/mol. The maximum absolute atomic E-state index is 13.9. The fourth-order valence-electron chi connectivity index (χ4n) is 4.38. The van der Waals surface area contributed by atoms with Gasteiger partial charge in [-0.3, -0.25) is 4.79 Å². The Morgan fingerprint density at radius 2 is 1.59 bits per heavy atom. The van der Waals surface area contributed by atoms with E-state index >= 15 is 0 Å². The van der Waals surface area contributed by atoms with Gasteiger partial charge in [0.05, 0.1) is 5.56 Å². The number of aromatic carboxylic acids is 1. The van der Waals surface area contributed by atoms with Crippen LogP contribution in [0.4, 0.5) is 14.9 Å². The van der Waals surface area contributed by atoms with Gasteiger partial charge in [0, 0.05) is 11.6 Å². The number of carboxylic acids is 1. The second kappa shape index (κ2) is 8.30. The largest absolute Gasteiger partial charge is 0.478 e. The van der Waals surface area contributed by atoms with Crippen LogP contribution < -0.4 is 10.6 Å². The monoisotopic (exact) mass is 460 g/mol. The number of hydrogen-bond donors (Lipinski definition) is 3. The minimum Gasteiger partial charge on any atom is -0.478 e. The van der Waals surface area contributed by atoms with Crippen molar-refractivity contribution in [2.45, 2.75) is 24.3 Å². The molecule has 0 radical (unpaired) electrons. The highest BCUT2D eigenvalue weighted by molar-refractivity contribution is 6.02. The summed E-state index contributed by atoms with van der Waals surface area (Å²) in [5, 5.41) is 14.1. The van der Waals surface area contributed by atoms with Crippen molar-refractivity contribution < 1.29 is 28.6 Å². The summed E-state index contributed by atoms with van der Waals surface area (Å²) in [5.74, 6) is -2.97. The quantitative estimate of drug-likeness (QED) is 0.501. The average Bonchev–Trinajstić information content (AvgIpc) is 3.53. The predicted octanol–water partition coefficient (Wildman–Crippen LogP) is 4.53. The van der Waals surface area contributed by atoms with Gasteiger partial charge >= 0.3 is 12.1 Å². The van der Waals surface area contributed by atoms with E-state index < -0.39 is 34.9 Å². The molecule has 2 aliphatic carbocycles. The van der Waals surface area contributed by atoms with Gasteiger partial charge < -0.3 is 20.5 Å². The lowest BCUT2D eigenvalue weighted by Crippen LogP contribution is -2.46. The van der Waals surface area contributed by atoms with Gasteiger partial charge in [0.2, 0.25) is 5.91 Å². The molecule has 0 bridgehead atoms. The molecule has 7 nitrogen and oxygen atoms in total. The van der Waals surface area contributed by atoms with Gasteiger partial charge in [-0.15, -0.1) is 0 Å². The van der Waals surface area contributed by atoms with Crippen molar-refractivity contribution in [2.75, 3.05) is 11.9 Å². The lowest BCUT2D eigenvalue weighted by molar-refractivity contribution is -0.119. The van der Waals surface area contributed by atoms with E-state index in [4.69, 9.17) is 9.84 Å². The molecule has 8 heteroatoms. The summed E-state index contributed by atoms with van der Waals surface area (Å²) in [6.45, 7) is 0.124. The van der Waals surface area contributed by atoms with E-state index in [0.717, 1.165) is 34.4 Å². The molecule has 3 aromatic carbocycles. The van der Waals surface area contributed by atoms with E-state index in [1.165, 1.54) is 6.07 Å². The number of amides is 2. The molecule has 34 heavy (non-hydrogen) atoms. The second-order valence-electron chi connectivity index (χ2n) is 8.49. The zero-order chi connectivity index (χ0) is 23.9. The normalized spacial score (nSPS) is 15.1. The fourth-order valence-corrected chi connectivity index (χ4v) is 4.38. The molecule has 0 aliphatic heterocycles. The van der Waals surface area contributed by atoms with E-state index in [2.05, 4.69) is 10.6 Å². The Labute approximate surface area is 194 Å². The molecule has 5 rings (SSSR count). The Balaban J connectivity index is 1.23. The summed E-state index contributed by atoms with van der Waals surface area (Å²) in [6, 6.07) is 19.3. The Morgan fingerprint density at radius 1 is 0.971 bits per heavy atom. The number of hydrogen-bond acceptors (Lipinski definition) is 4. The van der Waals surface area contributed by atoms with Gasteiger partial charge in [0.15, 0.2) is 0 Å². The summed E-state index contributed by atoms with van der Waals surface area (Å²) >= 11 is 0. The van der Waals surface area contributed by atoms with Crippen LogP contribution in [0.2, 0.25) is 0 Å². The standard InChI is InChI=1S/C26H21FN2O5/c27-22-13-15(9-10-20(22)23(30)31)28-24(32)26(11-12-26)29-25(33)34-14-21-18-7-3-1-5-16(18)17-6-2-4-8-19(17)21/h1-10,13,21H,11-12,14H2,(H,28,32)(H,29,33)(H,30,31). The zero-order valence-corrected chi connectivity index (χ0v) is 18.0. The average molecular weight is 460 g/mol. The minimum absolute atomic E-state index is 0.0992. The first kappa shape index (κ1) is 21.6. The molecule has 0 saturated heterocycles. The van der Waals surface area contributed by atoms with Crippen molar-refractivity contribution in [3.8, 4) is 11.1 Å². The highest BCUT2D eigenvalue weighted by Gasteiger charge is 2.52. The van der Waals surface area contributed by atoms with Crippen molar-refractivity contribution in [1.29, 1.82) is 0 Å². The highest BCUT2D eigenvalue weighted by Crippen LogP contribution is 2.44. The summed E-state index contributed by atoms with van der Waals surface area (Å²) in [6.07, 6.45) is 0.124. The number of carboxylic acid groups (broad SMARTS) is 1. The Kier molecular flexibility index (Phi) is 5.28. The van der Waals surface area contributed by atoms with Crippen molar-refractivity contribution >= 4 is 23.7 Å². The third kappa shape index (κ3) is 3.87. The number of carbonyl (C=O) groups is 3. The van der Waals surface area contributed by atoms with Gasteiger partial charge in [-0.25, -0.2) is 14.0 Å². The maximum atomic E-state index is 13.9. The molecule has 2 amide bonds. The first-order valence-corrected chi connectivity index (χ1v) is 10.9. The van der Waals surface area contributed by atoms with Gasteiger partial charge in [-0.05, 0) is 53.3 Å². The van der Waals surface area contributed by atoms with Crippen LogP contribution in [0.15, 0.2) is 66.7 Å². The third-order valence-corrected chi connectivity index (χ3v) is 6.33. The summed E-state index contributed by atoms with van der Waals surface area (Å²) in [4.78, 5) is 36.3. The van der Waals surface area contributed by atoms with Crippen molar-refractivity contribution in [3.05, 3.63) is 89.2 Å². The van der Waals surface area contributed by atoms with E-state index in [0.29, 0.717) is 12.8 Å². The highest BCUT2D eigenvalue weighted by atomic mass is 19.1. The van der Waals surface area contributed by atoms with E-state index in [1.54, 1.807) is 0 Å². The summed E-state index contributed by atoms with van der Waals surface area (Å²) in [7, 11) is 0. The Hall–Kier alpha value is -4.20. The molecule has 1 fully saturated rings. The number of nitrogens with one attached hydrogen (secondary N) is 2. The Morgan fingerprint density at radius 3 is 2.15 bits per heavy atom. The zero-order valence-electron chi connectivity index (χ0n) is 18.0. The number of alkyl carbamates (subject to hydrolysis) is 1. The smallest absolute Gasteiger partial charge is 0.408 e. The topological polar surface area (TPSA) is 105 Å². The van der Waals surface area contributed by atoms with Crippen molar-refractivity contribution in [2.24, 2.45) is 0 Å². The van der Waals surface area contributed by atoms with Crippen molar-refractivity contribution in [3.63, 3.8) is 0 Å². The van der Waals surface area contributed by atoms with Gasteiger partial charge in [-0.1, -0.05) is 48.5 Å². The van der Waals surface area contributed by atoms with Crippen LogP contribution in [0.5, 0.6) is 0 Å². The van der Waals surface area contributed by atoms with Gasteiger partial charge in [0.25, 0.3) is 0 Å². The first-order chi connectivity index (χ1) is 16.4. The molecule has 2 aliphatic rings. The molecular formula is C26H21FN2O5. The van der Waals surface area contributed by atoms with Gasteiger partial charge in [0.1, 0.15) is 18.0 Å². The van der Waals surface area contributed by atoms with Crippen LogP contribution in [0, 0.1) is 5.82 Å². The number of benzene rings is 3. The van der Waals surface area contributed by atoms with E-state index in [9.17, 15) is 18.8 Å². The minimum atomic E-state index is -1.40. The molecule has 0 aromatic heterocycles. The molecule has 0 spiro atoms. The first-order valence-electron chi connectivity index (χ1n) is 10.9. The molecule has 3 aromatic rings. The maximum Gasteiger partial charge on any atom is 0.408 e. The van der Waals surface area contributed by atoms with Crippen molar-refractivity contribution in [1.82, 2.24) is 5.32 Å². The third-order valence-electron chi connectivity index (χ3n) is 6.33. The number of carbonyl (C=O) groups excluding carboxylic acids is 2. The molecule has 1 saturated carbocycles. The van der Waals surface area contributed by atoms with Crippen LogP contribution in [0.1, 0.15) is 40.2 Å². The van der Waals surface area contributed by atoms with Crippen LogP contribution in [-0.2, 0) is 9.53 Å². The summed E-state index contributed by atoms with van der Waals surface area (Å²) < 4.78 is 19.4. The summed E-state index contributed by atoms with van der Waals surface area (Å²) in [5.41, 5.74) is 2.89. The van der Waals surface area contributed by atoms with Crippen LogP contribution >= 0.6 is 0 Å². The van der Waals surface area contributed by atoms with Gasteiger partial charge in [-0.2, -0.15) is 0 Å². The van der Waals surface area contributed by atoms with E-state index in [1.807, 2.05) is 48.5 Å². The number of fused-ring (bicyclic) bond motifs is 3. The number of anilines is 1. The molecule has 3 N–H and O–H groups in total. The predicted molar refractivity (Wildman–Crippen MR) is 122 cm³/mol. The lowest BCUT2D eigenvalue weighted by atomic mass is 9.98. The molecule has 0 heterocycles. The number of halogens is 1. The van der Waals surface area contributed by atoms with Crippen LogP contribution in [0.25, 0.3) is 11.1 Å². The SMILES string of the molecule is O=C(NC1(C(=O)Nc2ccc(C(=O)O)c(F)c2)CC1)OCC1c2ccccc2-c2ccccc21. The Bertz CT molecular complexity index is 1270. The van der Waals surface area contributed by atoms with Crippen LogP contribution in [0.3, 0.4) is 0 Å².